The summed E-state index contributed by atoms with van der Waals surface area (Å²) in [4.78, 5) is 10.2. The van der Waals surface area contributed by atoms with Crippen molar-refractivity contribution in [3.63, 3.8) is 0 Å². The zero-order valence-electron chi connectivity index (χ0n) is 9.68. The minimum atomic E-state index is 0.610. The number of benzene rings is 1. The molecule has 1 heterocycles. The lowest BCUT2D eigenvalue weighted by Gasteiger charge is -2.21. The third kappa shape index (κ3) is 2.31. The molecule has 0 saturated heterocycles. The van der Waals surface area contributed by atoms with Gasteiger partial charge in [0.05, 0.1) is 6.20 Å². The molecule has 1 aromatic carbocycles. The van der Waals surface area contributed by atoms with Crippen molar-refractivity contribution < 1.29 is 0 Å². The first-order valence-electron chi connectivity index (χ1n) is 5.15. The molecule has 0 amide bonds. The Morgan fingerprint density at radius 3 is 2.71 bits per heavy atom. The highest BCUT2D eigenvalue weighted by Gasteiger charge is 2.11. The van der Waals surface area contributed by atoms with E-state index in [9.17, 15) is 0 Å². The zero-order chi connectivity index (χ0) is 12.4. The number of nitrogens with zero attached hydrogens (tertiary/aromatic N) is 3. The lowest BCUT2D eigenvalue weighted by atomic mass is 10.1. The Bertz CT molecular complexity index is 528. The summed E-state index contributed by atoms with van der Waals surface area (Å²) in [6, 6.07) is 3.60. The number of nitrogens with two attached hydrogens (primary N) is 1. The van der Waals surface area contributed by atoms with Gasteiger partial charge in [-0.05, 0) is 24.6 Å². The first-order valence-corrected chi connectivity index (χ1v) is 5.52. The molecule has 0 fully saturated rings. The molecule has 0 unspecified atom stereocenters. The normalized spacial score (nSPS) is 10.3. The second-order valence-corrected chi connectivity index (χ2v) is 4.20. The Kier molecular flexibility index (Phi) is 3.15. The highest BCUT2D eigenvalue weighted by Crippen LogP contribution is 2.31. The van der Waals surface area contributed by atoms with Gasteiger partial charge in [0, 0.05) is 35.8 Å². The van der Waals surface area contributed by atoms with Crippen molar-refractivity contribution in [1.29, 1.82) is 0 Å². The number of nitrogen functional groups attached to an aromatic ring is 1. The van der Waals surface area contributed by atoms with Crippen LogP contribution in [0.4, 0.5) is 17.2 Å². The molecule has 0 aliphatic rings. The van der Waals surface area contributed by atoms with Crippen molar-refractivity contribution in [3.05, 3.63) is 41.3 Å². The minimum absolute atomic E-state index is 0.610. The number of rotatable bonds is 2. The Hall–Kier alpha value is -1.81. The average Bonchev–Trinajstić information content (AvgIpc) is 2.34. The maximum atomic E-state index is 6.01. The van der Waals surface area contributed by atoms with Crippen molar-refractivity contribution in [2.45, 2.75) is 6.92 Å². The van der Waals surface area contributed by atoms with Crippen LogP contribution in [0.2, 0.25) is 5.02 Å². The van der Waals surface area contributed by atoms with E-state index in [1.165, 1.54) is 0 Å². The first kappa shape index (κ1) is 11.7. The molecular weight excluding hydrogens is 236 g/mol. The minimum Gasteiger partial charge on any atom is -0.398 e. The predicted octanol–water partition coefficient (Wildman–Crippen LogP) is 2.79. The van der Waals surface area contributed by atoms with Crippen molar-refractivity contribution in [1.82, 2.24) is 9.97 Å². The molecule has 2 N–H and O–H groups in total. The summed E-state index contributed by atoms with van der Waals surface area (Å²) in [5.74, 6) is 0.747. The summed E-state index contributed by atoms with van der Waals surface area (Å²) in [5.41, 5.74) is 8.46. The Labute approximate surface area is 105 Å². The third-order valence-electron chi connectivity index (χ3n) is 2.64. The third-order valence-corrected chi connectivity index (χ3v) is 2.86. The molecule has 5 heteroatoms. The Balaban J connectivity index is 2.48. The molecule has 0 spiro atoms. The maximum absolute atomic E-state index is 6.01. The molecule has 0 bridgehead atoms. The molecule has 1 aromatic heterocycles. The van der Waals surface area contributed by atoms with Gasteiger partial charge in [-0.2, -0.15) is 0 Å². The van der Waals surface area contributed by atoms with Gasteiger partial charge in [-0.25, -0.2) is 4.98 Å². The van der Waals surface area contributed by atoms with Gasteiger partial charge in [0.2, 0.25) is 0 Å². The lowest BCUT2D eigenvalue weighted by molar-refractivity contribution is 1.08. The van der Waals surface area contributed by atoms with Crippen LogP contribution < -0.4 is 10.6 Å². The first-order chi connectivity index (χ1) is 8.09. The SMILES string of the molecule is Cc1c(N)cc(Cl)cc1N(C)c1cnccn1. The van der Waals surface area contributed by atoms with Crippen LogP contribution in [0.15, 0.2) is 30.7 Å². The van der Waals surface area contributed by atoms with Crippen molar-refractivity contribution in [3.8, 4) is 0 Å². The van der Waals surface area contributed by atoms with Gasteiger partial charge < -0.3 is 10.6 Å². The van der Waals surface area contributed by atoms with Gasteiger partial charge in [0.25, 0.3) is 0 Å². The van der Waals surface area contributed by atoms with E-state index < -0.39 is 0 Å². The molecule has 0 aliphatic carbocycles. The van der Waals surface area contributed by atoms with Crippen LogP contribution in [0.5, 0.6) is 0 Å². The molecule has 0 aliphatic heterocycles. The smallest absolute Gasteiger partial charge is 0.151 e. The van der Waals surface area contributed by atoms with Crippen LogP contribution in [0.25, 0.3) is 0 Å². The second-order valence-electron chi connectivity index (χ2n) is 3.76. The molecule has 0 atom stereocenters. The van der Waals surface area contributed by atoms with Gasteiger partial charge in [-0.3, -0.25) is 4.98 Å². The number of anilines is 3. The highest BCUT2D eigenvalue weighted by atomic mass is 35.5. The van der Waals surface area contributed by atoms with E-state index in [0.29, 0.717) is 10.7 Å². The summed E-state index contributed by atoms with van der Waals surface area (Å²) in [6.07, 6.45) is 4.97. The lowest BCUT2D eigenvalue weighted by Crippen LogP contribution is -2.13. The van der Waals surface area contributed by atoms with E-state index in [0.717, 1.165) is 17.1 Å². The fourth-order valence-corrected chi connectivity index (χ4v) is 1.84. The summed E-state index contributed by atoms with van der Waals surface area (Å²) < 4.78 is 0. The largest absolute Gasteiger partial charge is 0.398 e. The number of aromatic nitrogens is 2. The van der Waals surface area contributed by atoms with Crippen molar-refractivity contribution >= 4 is 28.8 Å². The zero-order valence-corrected chi connectivity index (χ0v) is 10.4. The Morgan fingerprint density at radius 2 is 2.06 bits per heavy atom. The number of halogens is 1. The summed E-state index contributed by atoms with van der Waals surface area (Å²) in [6.45, 7) is 1.95. The van der Waals surface area contributed by atoms with Crippen LogP contribution >= 0.6 is 11.6 Å². The summed E-state index contributed by atoms with van der Waals surface area (Å²) in [7, 11) is 1.90. The topological polar surface area (TPSA) is 55.0 Å². The van der Waals surface area contributed by atoms with E-state index in [-0.39, 0.29) is 0 Å². The van der Waals surface area contributed by atoms with Crippen LogP contribution in [0, 0.1) is 6.92 Å². The highest BCUT2D eigenvalue weighted by molar-refractivity contribution is 6.31. The maximum Gasteiger partial charge on any atom is 0.151 e. The molecule has 2 rings (SSSR count). The molecule has 0 radical (unpaired) electrons. The molecule has 17 heavy (non-hydrogen) atoms. The number of hydrogen-bond acceptors (Lipinski definition) is 4. The number of hydrogen-bond donors (Lipinski definition) is 1. The monoisotopic (exact) mass is 248 g/mol. The Morgan fingerprint density at radius 1 is 1.29 bits per heavy atom. The molecular formula is C12H13ClN4. The quantitative estimate of drug-likeness (QED) is 0.831. The van der Waals surface area contributed by atoms with E-state index in [1.54, 1.807) is 24.7 Å². The van der Waals surface area contributed by atoms with E-state index in [2.05, 4.69) is 9.97 Å². The van der Waals surface area contributed by atoms with E-state index >= 15 is 0 Å². The van der Waals surface area contributed by atoms with Gasteiger partial charge >= 0.3 is 0 Å². The summed E-state index contributed by atoms with van der Waals surface area (Å²) >= 11 is 6.01. The van der Waals surface area contributed by atoms with Crippen LogP contribution in [-0.4, -0.2) is 17.0 Å². The standard InChI is InChI=1S/C12H13ClN4/c1-8-10(14)5-9(13)6-11(8)17(2)12-7-15-3-4-16-12/h3-7H,14H2,1-2H3. The molecule has 88 valence electrons. The molecule has 4 nitrogen and oxygen atoms in total. The van der Waals surface area contributed by atoms with Crippen molar-refractivity contribution in [2.75, 3.05) is 17.7 Å². The van der Waals surface area contributed by atoms with E-state index in [1.807, 2.05) is 24.9 Å². The van der Waals surface area contributed by atoms with Crippen LogP contribution in [0.1, 0.15) is 5.56 Å². The van der Waals surface area contributed by atoms with E-state index in [4.69, 9.17) is 17.3 Å². The summed E-state index contributed by atoms with van der Waals surface area (Å²) in [5, 5.41) is 0.610. The fraction of sp³-hybridized carbons (Fsp3) is 0.167. The van der Waals surface area contributed by atoms with Crippen molar-refractivity contribution in [2.24, 2.45) is 0 Å². The van der Waals surface area contributed by atoms with Gasteiger partial charge in [-0.15, -0.1) is 0 Å². The fourth-order valence-electron chi connectivity index (χ4n) is 1.62. The average molecular weight is 249 g/mol. The van der Waals surface area contributed by atoms with Crippen LogP contribution in [-0.2, 0) is 0 Å². The van der Waals surface area contributed by atoms with Gasteiger partial charge in [0.15, 0.2) is 5.82 Å². The predicted molar refractivity (Wildman–Crippen MR) is 70.7 cm³/mol. The van der Waals surface area contributed by atoms with Gasteiger partial charge in [-0.1, -0.05) is 11.6 Å². The van der Waals surface area contributed by atoms with Gasteiger partial charge in [0.1, 0.15) is 0 Å². The van der Waals surface area contributed by atoms with Crippen LogP contribution in [0.3, 0.4) is 0 Å². The molecule has 0 saturated carbocycles. The molecule has 2 aromatic rings. The second kappa shape index (κ2) is 4.59.